The molecule has 0 radical (unpaired) electrons. The maximum Gasteiger partial charge on any atom is 0.406 e. The van der Waals surface area contributed by atoms with Crippen molar-refractivity contribution in [1.29, 1.82) is 0 Å². The van der Waals surface area contributed by atoms with Crippen molar-refractivity contribution >= 4 is 22.3 Å². The van der Waals surface area contributed by atoms with Crippen LogP contribution in [0.25, 0.3) is 0 Å². The average molecular weight is 309 g/mol. The second-order valence-electron chi connectivity index (χ2n) is 4.25. The SMILES string of the molecule is CCCNc1nnc(COc2ccc(C)nc2[N+](=O)[O-])s1. The first-order chi connectivity index (χ1) is 10.1. The topological polar surface area (TPSA) is 103 Å². The second-order valence-corrected chi connectivity index (χ2v) is 5.31. The third-order valence-electron chi connectivity index (χ3n) is 2.50. The van der Waals surface area contributed by atoms with Crippen molar-refractivity contribution in [2.24, 2.45) is 0 Å². The molecule has 0 saturated heterocycles. The van der Waals surface area contributed by atoms with Gasteiger partial charge in [0.1, 0.15) is 12.3 Å². The van der Waals surface area contributed by atoms with E-state index in [4.69, 9.17) is 4.74 Å². The molecule has 0 unspecified atom stereocenters. The molecule has 0 atom stereocenters. The van der Waals surface area contributed by atoms with Crippen molar-refractivity contribution in [2.45, 2.75) is 26.9 Å². The first kappa shape index (κ1) is 15.1. The van der Waals surface area contributed by atoms with E-state index in [9.17, 15) is 10.1 Å². The summed E-state index contributed by atoms with van der Waals surface area (Å²) in [6.07, 6.45) is 0.993. The van der Waals surface area contributed by atoms with E-state index in [-0.39, 0.29) is 18.2 Å². The highest BCUT2D eigenvalue weighted by Crippen LogP contribution is 2.26. The number of nitro groups is 1. The molecule has 2 heterocycles. The van der Waals surface area contributed by atoms with E-state index < -0.39 is 4.92 Å². The lowest BCUT2D eigenvalue weighted by Crippen LogP contribution is -2.01. The van der Waals surface area contributed by atoms with E-state index in [1.807, 2.05) is 0 Å². The zero-order chi connectivity index (χ0) is 15.2. The highest BCUT2D eigenvalue weighted by atomic mass is 32.1. The van der Waals surface area contributed by atoms with Crippen LogP contribution in [0.4, 0.5) is 10.9 Å². The molecule has 0 amide bonds. The maximum atomic E-state index is 10.9. The second kappa shape index (κ2) is 6.93. The molecule has 1 N–H and O–H groups in total. The highest BCUT2D eigenvalue weighted by molar-refractivity contribution is 7.15. The Labute approximate surface area is 125 Å². The third kappa shape index (κ3) is 4.09. The predicted molar refractivity (Wildman–Crippen MR) is 78.7 cm³/mol. The van der Waals surface area contributed by atoms with Gasteiger partial charge in [-0.05, 0) is 28.5 Å². The molecule has 0 aliphatic carbocycles. The van der Waals surface area contributed by atoms with Crippen molar-refractivity contribution in [2.75, 3.05) is 11.9 Å². The van der Waals surface area contributed by atoms with E-state index in [2.05, 4.69) is 27.4 Å². The Bertz CT molecular complexity index is 631. The number of nitrogens with one attached hydrogen (secondary N) is 1. The summed E-state index contributed by atoms with van der Waals surface area (Å²) in [7, 11) is 0. The van der Waals surface area contributed by atoms with Gasteiger partial charge in [-0.3, -0.25) is 0 Å². The molecule has 112 valence electrons. The van der Waals surface area contributed by atoms with Crippen LogP contribution in [-0.2, 0) is 6.61 Å². The van der Waals surface area contributed by atoms with Gasteiger partial charge in [-0.1, -0.05) is 18.3 Å². The van der Waals surface area contributed by atoms with E-state index in [1.54, 1.807) is 13.0 Å². The minimum atomic E-state index is -0.559. The van der Waals surface area contributed by atoms with Crippen molar-refractivity contribution < 1.29 is 9.66 Å². The minimum Gasteiger partial charge on any atom is -0.478 e. The first-order valence-electron chi connectivity index (χ1n) is 6.41. The predicted octanol–water partition coefficient (Wildman–Crippen LogP) is 2.55. The van der Waals surface area contributed by atoms with Gasteiger partial charge in [0.15, 0.2) is 5.01 Å². The molecule has 2 aromatic rings. The number of pyridine rings is 1. The maximum absolute atomic E-state index is 10.9. The average Bonchev–Trinajstić information content (AvgIpc) is 2.91. The molecule has 21 heavy (non-hydrogen) atoms. The van der Waals surface area contributed by atoms with E-state index in [0.717, 1.165) is 13.0 Å². The van der Waals surface area contributed by atoms with Crippen molar-refractivity contribution in [3.63, 3.8) is 0 Å². The van der Waals surface area contributed by atoms with E-state index >= 15 is 0 Å². The number of ether oxygens (including phenoxy) is 1. The van der Waals surface area contributed by atoms with Crippen LogP contribution < -0.4 is 10.1 Å². The van der Waals surface area contributed by atoms with Crippen LogP contribution >= 0.6 is 11.3 Å². The number of aromatic nitrogens is 3. The Morgan fingerprint density at radius 3 is 2.95 bits per heavy atom. The summed E-state index contributed by atoms with van der Waals surface area (Å²) in [5.41, 5.74) is 0.566. The summed E-state index contributed by atoms with van der Waals surface area (Å²) >= 11 is 1.36. The Balaban J connectivity index is 2.03. The molecule has 0 fully saturated rings. The molecule has 2 aromatic heterocycles. The summed E-state index contributed by atoms with van der Waals surface area (Å²) in [5.74, 6) is -0.160. The molecule has 0 spiro atoms. The Kier molecular flexibility index (Phi) is 4.99. The Morgan fingerprint density at radius 2 is 2.24 bits per heavy atom. The summed E-state index contributed by atoms with van der Waals surface area (Å²) < 4.78 is 5.43. The molecule has 0 bridgehead atoms. The van der Waals surface area contributed by atoms with Gasteiger partial charge in [0, 0.05) is 13.5 Å². The molecule has 2 rings (SSSR count). The van der Waals surface area contributed by atoms with Crippen LogP contribution in [0.5, 0.6) is 5.75 Å². The number of aryl methyl sites for hydroxylation is 1. The number of hydrogen-bond donors (Lipinski definition) is 1. The Hall–Kier alpha value is -2.29. The molecule has 8 nitrogen and oxygen atoms in total. The normalized spacial score (nSPS) is 10.4. The number of rotatable bonds is 7. The molecule has 0 saturated carbocycles. The molecule has 0 aliphatic heterocycles. The van der Waals surface area contributed by atoms with Crippen molar-refractivity contribution in [3.8, 4) is 5.75 Å². The van der Waals surface area contributed by atoms with Gasteiger partial charge < -0.3 is 20.2 Å². The lowest BCUT2D eigenvalue weighted by Gasteiger charge is -2.04. The van der Waals surface area contributed by atoms with Crippen LogP contribution in [0, 0.1) is 17.0 Å². The summed E-state index contributed by atoms with van der Waals surface area (Å²) in [6, 6.07) is 3.20. The largest absolute Gasteiger partial charge is 0.478 e. The van der Waals surface area contributed by atoms with Crippen LogP contribution in [0.3, 0.4) is 0 Å². The van der Waals surface area contributed by atoms with Crippen LogP contribution in [-0.4, -0.2) is 26.6 Å². The first-order valence-corrected chi connectivity index (χ1v) is 7.23. The minimum absolute atomic E-state index is 0.122. The quantitative estimate of drug-likeness (QED) is 0.619. The van der Waals surface area contributed by atoms with Crippen molar-refractivity contribution in [3.05, 3.63) is 32.9 Å². The summed E-state index contributed by atoms with van der Waals surface area (Å²) in [6.45, 7) is 4.69. The van der Waals surface area contributed by atoms with Gasteiger partial charge in [0.05, 0.1) is 0 Å². The molecule has 0 aliphatic rings. The lowest BCUT2D eigenvalue weighted by molar-refractivity contribution is -0.390. The highest BCUT2D eigenvalue weighted by Gasteiger charge is 2.18. The molecule has 0 aromatic carbocycles. The van der Waals surface area contributed by atoms with Crippen molar-refractivity contribution in [1.82, 2.24) is 15.2 Å². The third-order valence-corrected chi connectivity index (χ3v) is 3.35. The van der Waals surface area contributed by atoms with Crippen LogP contribution in [0.15, 0.2) is 12.1 Å². The lowest BCUT2D eigenvalue weighted by atomic mass is 10.3. The summed E-state index contributed by atoms with van der Waals surface area (Å²) in [5, 5.41) is 23.3. The monoisotopic (exact) mass is 309 g/mol. The van der Waals surface area contributed by atoms with Crippen LogP contribution in [0.1, 0.15) is 24.0 Å². The van der Waals surface area contributed by atoms with E-state index in [0.29, 0.717) is 15.8 Å². The molecule has 9 heteroatoms. The number of nitrogens with zero attached hydrogens (tertiary/aromatic N) is 4. The van der Waals surface area contributed by atoms with Crippen LogP contribution in [0.2, 0.25) is 0 Å². The fourth-order valence-electron chi connectivity index (χ4n) is 1.53. The zero-order valence-corrected chi connectivity index (χ0v) is 12.5. The molecular formula is C12H15N5O3S. The van der Waals surface area contributed by atoms with Gasteiger partial charge in [-0.15, -0.1) is 10.2 Å². The standard InChI is InChI=1S/C12H15N5O3S/c1-3-6-13-12-16-15-10(21-12)7-20-9-5-4-8(2)14-11(9)17(18)19/h4-5H,3,6-7H2,1-2H3,(H,13,16). The molecular weight excluding hydrogens is 294 g/mol. The fraction of sp³-hybridized carbons (Fsp3) is 0.417. The number of anilines is 1. The zero-order valence-electron chi connectivity index (χ0n) is 11.7. The summed E-state index contributed by atoms with van der Waals surface area (Å²) in [4.78, 5) is 14.2. The van der Waals surface area contributed by atoms with E-state index in [1.165, 1.54) is 17.4 Å². The van der Waals surface area contributed by atoms with Gasteiger partial charge in [-0.25, -0.2) is 0 Å². The smallest absolute Gasteiger partial charge is 0.406 e. The van der Waals surface area contributed by atoms with Gasteiger partial charge in [0.2, 0.25) is 10.9 Å². The van der Waals surface area contributed by atoms with Gasteiger partial charge >= 0.3 is 5.82 Å². The fourth-order valence-corrected chi connectivity index (χ4v) is 2.21. The Morgan fingerprint density at radius 1 is 1.43 bits per heavy atom. The van der Waals surface area contributed by atoms with Gasteiger partial charge in [0.25, 0.3) is 0 Å². The van der Waals surface area contributed by atoms with Gasteiger partial charge in [-0.2, -0.15) is 0 Å². The number of hydrogen-bond acceptors (Lipinski definition) is 8.